The van der Waals surface area contributed by atoms with E-state index in [1.807, 2.05) is 4.90 Å². The van der Waals surface area contributed by atoms with Crippen molar-refractivity contribution in [2.45, 2.75) is 82.1 Å². The Bertz CT molecular complexity index is 2320. The van der Waals surface area contributed by atoms with Crippen molar-refractivity contribution in [2.75, 3.05) is 37.7 Å². The van der Waals surface area contributed by atoms with E-state index in [9.17, 15) is 19.1 Å². The minimum Gasteiger partial charge on any atom is -0.508 e. The number of amides is 1. The van der Waals surface area contributed by atoms with E-state index in [0.29, 0.717) is 31.2 Å². The highest BCUT2D eigenvalue weighted by atomic mass is 19.1. The monoisotopic (exact) mass is 758 g/mol. The van der Waals surface area contributed by atoms with Crippen LogP contribution in [-0.2, 0) is 14.3 Å². The number of carbonyl (C=O) groups is 2. The minimum atomic E-state index is -1.11. The maximum Gasteiger partial charge on any atom is 0.413 e. The Hall–Kier alpha value is -5.56. The van der Waals surface area contributed by atoms with Gasteiger partial charge in [-0.2, -0.15) is 9.97 Å². The molecule has 0 spiro atoms. The third-order valence-electron chi connectivity index (χ3n) is 11.7. The van der Waals surface area contributed by atoms with Crippen molar-refractivity contribution in [1.29, 1.82) is 0 Å². The van der Waals surface area contributed by atoms with E-state index >= 15 is 8.78 Å². The molecule has 7 heterocycles. The maximum absolute atomic E-state index is 17.3. The fourth-order valence-corrected chi connectivity index (χ4v) is 9.45. The lowest BCUT2D eigenvalue weighted by atomic mass is 9.95. The van der Waals surface area contributed by atoms with Crippen molar-refractivity contribution in [3.8, 4) is 41.2 Å². The number of aromatic hydroxyl groups is 1. The molecule has 6 atom stereocenters. The minimum absolute atomic E-state index is 0.0125. The van der Waals surface area contributed by atoms with Crippen molar-refractivity contribution < 1.29 is 46.8 Å². The number of alkyl halides is 1. The van der Waals surface area contributed by atoms with Gasteiger partial charge >= 0.3 is 18.1 Å². The molecule has 4 aromatic rings. The third kappa shape index (κ3) is 5.70. The van der Waals surface area contributed by atoms with Gasteiger partial charge in [0.1, 0.15) is 53.4 Å². The normalized spacial score (nSPS) is 25.9. The number of terminal acetylenes is 1. The summed E-state index contributed by atoms with van der Waals surface area (Å²) in [5.74, 6) is 0.156. The number of piperazine rings is 1. The number of pyridine rings is 1. The van der Waals surface area contributed by atoms with E-state index in [2.05, 4.69) is 20.8 Å². The topological polar surface area (TPSA) is 140 Å². The summed E-state index contributed by atoms with van der Waals surface area (Å²) in [6, 6.07) is 3.81. The van der Waals surface area contributed by atoms with Crippen molar-refractivity contribution in [2.24, 2.45) is 0 Å². The number of esters is 1. The molecule has 1 N–H and O–H groups in total. The van der Waals surface area contributed by atoms with Gasteiger partial charge in [-0.15, -0.1) is 6.42 Å². The van der Waals surface area contributed by atoms with Gasteiger partial charge in [-0.05, 0) is 55.8 Å². The first kappa shape index (κ1) is 35.2. The average Bonchev–Trinajstić information content (AvgIpc) is 3.74. The molecule has 286 valence electrons. The zero-order chi connectivity index (χ0) is 38.3. The lowest BCUT2D eigenvalue weighted by molar-refractivity contribution is -0.163. The van der Waals surface area contributed by atoms with Gasteiger partial charge < -0.3 is 29.0 Å². The number of fused-ring (bicyclic) bond motifs is 7. The molecular weight excluding hydrogens is 721 g/mol. The van der Waals surface area contributed by atoms with Crippen LogP contribution in [0.2, 0.25) is 0 Å². The summed E-state index contributed by atoms with van der Waals surface area (Å²) in [7, 11) is 0. The van der Waals surface area contributed by atoms with Crippen LogP contribution in [0.25, 0.3) is 32.9 Å². The first-order chi connectivity index (χ1) is 26.4. The van der Waals surface area contributed by atoms with Crippen LogP contribution in [0.5, 0.6) is 17.6 Å². The molecule has 0 aliphatic carbocycles. The molecule has 5 aliphatic rings. The molecule has 0 saturated carbocycles. The molecule has 16 heteroatoms. The van der Waals surface area contributed by atoms with Crippen LogP contribution >= 0.6 is 0 Å². The lowest BCUT2D eigenvalue weighted by Gasteiger charge is -2.46. The van der Waals surface area contributed by atoms with Crippen molar-refractivity contribution in [1.82, 2.24) is 24.8 Å². The summed E-state index contributed by atoms with van der Waals surface area (Å²) in [5, 5.41) is 11.4. The van der Waals surface area contributed by atoms with Crippen LogP contribution in [0.1, 0.15) is 51.5 Å². The number of ether oxygens (including phenoxy) is 4. The SMILES string of the molecule is C#Cc1c(F)ccc2cc(O)cc(-c3nc4c5c(nc(OC[C@@]67CCCN6C[C@H](F)C7)nc5c3F)N3CC5CCC(C3CO4)N5C(=O)OC(C)OC(C)=O)c12. The molecule has 55 heavy (non-hydrogen) atoms. The number of hydrogen-bond donors (Lipinski definition) is 1. The molecule has 1 amide bonds. The fourth-order valence-electron chi connectivity index (χ4n) is 9.45. The Kier molecular flexibility index (Phi) is 8.34. The molecule has 9 rings (SSSR count). The molecular formula is C39H37F3N6O7. The summed E-state index contributed by atoms with van der Waals surface area (Å²) < 4.78 is 70.3. The number of phenols is 1. The maximum atomic E-state index is 17.3. The smallest absolute Gasteiger partial charge is 0.413 e. The highest BCUT2D eigenvalue weighted by Crippen LogP contribution is 2.47. The molecule has 5 aliphatic heterocycles. The van der Waals surface area contributed by atoms with Crippen LogP contribution < -0.4 is 14.4 Å². The number of carbonyl (C=O) groups excluding carboxylic acids is 2. The molecule has 4 fully saturated rings. The van der Waals surface area contributed by atoms with Gasteiger partial charge in [-0.1, -0.05) is 12.0 Å². The molecule has 13 nitrogen and oxygen atoms in total. The Morgan fingerprint density at radius 1 is 1.13 bits per heavy atom. The van der Waals surface area contributed by atoms with Gasteiger partial charge in [0, 0.05) is 44.3 Å². The number of hydrogen-bond acceptors (Lipinski definition) is 12. The lowest BCUT2D eigenvalue weighted by Crippen LogP contribution is -2.63. The third-order valence-corrected chi connectivity index (χ3v) is 11.7. The summed E-state index contributed by atoms with van der Waals surface area (Å²) in [4.78, 5) is 44.8. The molecule has 2 bridgehead atoms. The number of anilines is 1. The number of aromatic nitrogens is 3. The quantitative estimate of drug-likeness (QED) is 0.157. The summed E-state index contributed by atoms with van der Waals surface area (Å²) >= 11 is 0. The summed E-state index contributed by atoms with van der Waals surface area (Å²) in [6.45, 7) is 4.07. The number of benzene rings is 2. The summed E-state index contributed by atoms with van der Waals surface area (Å²) in [6.07, 6.45) is 6.12. The summed E-state index contributed by atoms with van der Waals surface area (Å²) in [5.41, 5.74) is -1.17. The molecule has 2 aromatic carbocycles. The number of rotatable bonds is 6. The molecule has 4 unspecified atom stereocenters. The Morgan fingerprint density at radius 3 is 2.76 bits per heavy atom. The van der Waals surface area contributed by atoms with Crippen molar-refractivity contribution >= 4 is 39.6 Å². The second-order valence-corrected chi connectivity index (χ2v) is 15.0. The number of halogens is 3. The van der Waals surface area contributed by atoms with E-state index in [1.165, 1.54) is 38.1 Å². The highest BCUT2D eigenvalue weighted by molar-refractivity contribution is 6.04. The van der Waals surface area contributed by atoms with Gasteiger partial charge in [0.25, 0.3) is 0 Å². The zero-order valence-electron chi connectivity index (χ0n) is 30.1. The van der Waals surface area contributed by atoms with Crippen LogP contribution in [0.4, 0.5) is 23.8 Å². The average molecular weight is 759 g/mol. The van der Waals surface area contributed by atoms with E-state index in [1.54, 1.807) is 4.90 Å². The molecule has 2 aromatic heterocycles. The van der Waals surface area contributed by atoms with Crippen molar-refractivity contribution in [3.05, 3.63) is 41.5 Å². The highest BCUT2D eigenvalue weighted by Gasteiger charge is 2.52. The van der Waals surface area contributed by atoms with Gasteiger partial charge in [0.05, 0.1) is 29.2 Å². The zero-order valence-corrected chi connectivity index (χ0v) is 30.1. The number of phenolic OH excluding ortho intramolecular Hbond substituents is 1. The Balaban J connectivity index is 1.18. The number of nitrogens with zero attached hydrogens (tertiary/aromatic N) is 6. The second kappa shape index (κ2) is 13.0. The van der Waals surface area contributed by atoms with E-state index in [-0.39, 0.29) is 82.4 Å². The van der Waals surface area contributed by atoms with Crippen molar-refractivity contribution in [3.63, 3.8) is 0 Å². The van der Waals surface area contributed by atoms with Gasteiger partial charge in [0.15, 0.2) is 5.82 Å². The molecule has 0 radical (unpaired) electrons. The fraction of sp³-hybridized carbons (Fsp3) is 0.462. The van der Waals surface area contributed by atoms with E-state index < -0.39 is 53.8 Å². The van der Waals surface area contributed by atoms with Crippen LogP contribution in [0, 0.1) is 24.0 Å². The Labute approximate surface area is 313 Å². The van der Waals surface area contributed by atoms with Crippen LogP contribution in [-0.4, -0.2) is 111 Å². The van der Waals surface area contributed by atoms with Crippen LogP contribution in [0.15, 0.2) is 24.3 Å². The predicted molar refractivity (Wildman–Crippen MR) is 191 cm³/mol. The largest absolute Gasteiger partial charge is 0.508 e. The first-order valence-electron chi connectivity index (χ1n) is 18.4. The Morgan fingerprint density at radius 2 is 1.96 bits per heavy atom. The molecule has 4 saturated heterocycles. The van der Waals surface area contributed by atoms with Crippen LogP contribution in [0.3, 0.4) is 0 Å². The standard InChI is InChI=1S/C39H37F3N6O7/c1-4-25-27(41)8-6-21-12-24(50)13-26(30(21)25)33-32(42)34-31-35(45-37(44-34)53-18-39-10-5-11-46(39)15-22(40)14-39)47-16-23-7-9-28(29(47)17-52-36(31)43-33)48(23)38(51)55-20(3)54-19(2)49/h1,6,8,12-13,20,22-23,28-29,50H,5,7,9-11,14-18H2,2-3H3/t20?,22-,23?,28?,29?,39+/m1/s1. The van der Waals surface area contributed by atoms with E-state index in [0.717, 1.165) is 19.4 Å². The first-order valence-corrected chi connectivity index (χ1v) is 18.4. The second-order valence-electron chi connectivity index (χ2n) is 15.0. The van der Waals surface area contributed by atoms with Gasteiger partial charge in [-0.3, -0.25) is 14.6 Å². The van der Waals surface area contributed by atoms with Gasteiger partial charge in [0.2, 0.25) is 12.2 Å². The van der Waals surface area contributed by atoms with E-state index in [4.69, 9.17) is 30.4 Å². The predicted octanol–water partition coefficient (Wildman–Crippen LogP) is 5.23. The van der Waals surface area contributed by atoms with Gasteiger partial charge in [-0.25, -0.2) is 22.9 Å².